The van der Waals surface area contributed by atoms with Crippen LogP contribution < -0.4 is 15.1 Å². The first kappa shape index (κ1) is 28.0. The molecular weight excluding hydrogens is 496 g/mol. The van der Waals surface area contributed by atoms with Crippen molar-refractivity contribution in [2.24, 2.45) is 0 Å². The number of amides is 2. The van der Waals surface area contributed by atoms with Gasteiger partial charge in [-0.15, -0.1) is 11.8 Å². The van der Waals surface area contributed by atoms with Crippen LogP contribution in [0.15, 0.2) is 52.3 Å². The summed E-state index contributed by atoms with van der Waals surface area (Å²) in [5.41, 5.74) is 2.83. The van der Waals surface area contributed by atoms with Gasteiger partial charge in [0.1, 0.15) is 6.54 Å². The highest BCUT2D eigenvalue weighted by atomic mass is 32.2. The summed E-state index contributed by atoms with van der Waals surface area (Å²) in [6.07, 6.45) is 0.764. The van der Waals surface area contributed by atoms with Crippen molar-refractivity contribution >= 4 is 45.0 Å². The Bertz CT molecular complexity index is 1180. The maximum atomic E-state index is 13.0. The standard InChI is InChI=1S/C26H36N4O4S2/c1-5-28(21-11-8-10-20(4)16-21)15-9-14-27-25(31)18-30-23-17-22(36(33,34)29(6-2)7-3)12-13-24(23)35-19-26(30)32/h8,10-13,16-17H,5-7,9,14-15,18-19H2,1-4H3,(H,27,31). The van der Waals surface area contributed by atoms with E-state index in [1.807, 2.05) is 6.07 Å². The van der Waals surface area contributed by atoms with Crippen molar-refractivity contribution in [2.45, 2.75) is 43.9 Å². The highest BCUT2D eigenvalue weighted by molar-refractivity contribution is 8.00. The van der Waals surface area contributed by atoms with Gasteiger partial charge in [0.25, 0.3) is 0 Å². The van der Waals surface area contributed by atoms with Crippen LogP contribution in [0.2, 0.25) is 0 Å². The van der Waals surface area contributed by atoms with Gasteiger partial charge in [-0.2, -0.15) is 4.31 Å². The number of nitrogens with zero attached hydrogens (tertiary/aromatic N) is 3. The number of thioether (sulfide) groups is 1. The zero-order valence-corrected chi connectivity index (χ0v) is 23.1. The summed E-state index contributed by atoms with van der Waals surface area (Å²) in [6.45, 7) is 10.5. The molecule has 0 radical (unpaired) electrons. The number of anilines is 2. The second-order valence-electron chi connectivity index (χ2n) is 8.61. The number of nitrogens with one attached hydrogen (secondary N) is 1. The molecule has 0 bridgehead atoms. The van der Waals surface area contributed by atoms with Gasteiger partial charge in [0.15, 0.2) is 0 Å². The van der Waals surface area contributed by atoms with E-state index in [1.54, 1.807) is 26.0 Å². The minimum absolute atomic E-state index is 0.126. The highest BCUT2D eigenvalue weighted by Gasteiger charge is 2.30. The molecule has 2 aromatic carbocycles. The number of rotatable bonds is 12. The lowest BCUT2D eigenvalue weighted by Crippen LogP contribution is -2.44. The van der Waals surface area contributed by atoms with Crippen LogP contribution in [0.1, 0.15) is 32.8 Å². The number of fused-ring (bicyclic) bond motifs is 1. The van der Waals surface area contributed by atoms with E-state index in [2.05, 4.69) is 42.3 Å². The van der Waals surface area contributed by atoms with Crippen molar-refractivity contribution in [3.63, 3.8) is 0 Å². The van der Waals surface area contributed by atoms with Gasteiger partial charge in [0, 0.05) is 43.3 Å². The van der Waals surface area contributed by atoms with Crippen LogP contribution in [-0.2, 0) is 19.6 Å². The van der Waals surface area contributed by atoms with Gasteiger partial charge < -0.3 is 15.1 Å². The smallest absolute Gasteiger partial charge is 0.243 e. The number of aryl methyl sites for hydroxylation is 1. The summed E-state index contributed by atoms with van der Waals surface area (Å²) in [5, 5.41) is 2.91. The lowest BCUT2D eigenvalue weighted by atomic mass is 10.2. The lowest BCUT2D eigenvalue weighted by Gasteiger charge is -2.29. The van der Waals surface area contributed by atoms with Crippen molar-refractivity contribution in [3.8, 4) is 0 Å². The molecule has 0 spiro atoms. The van der Waals surface area contributed by atoms with Crippen molar-refractivity contribution < 1.29 is 18.0 Å². The molecule has 36 heavy (non-hydrogen) atoms. The second kappa shape index (κ2) is 12.6. The van der Waals surface area contributed by atoms with Gasteiger partial charge in [0.2, 0.25) is 21.8 Å². The monoisotopic (exact) mass is 532 g/mol. The Morgan fingerprint density at radius 2 is 1.83 bits per heavy atom. The minimum atomic E-state index is -3.68. The first-order chi connectivity index (χ1) is 17.2. The summed E-state index contributed by atoms with van der Waals surface area (Å²) < 4.78 is 27.4. The summed E-state index contributed by atoms with van der Waals surface area (Å²) >= 11 is 1.36. The second-order valence-corrected chi connectivity index (χ2v) is 11.6. The van der Waals surface area contributed by atoms with Gasteiger partial charge in [-0.05, 0) is 56.2 Å². The zero-order valence-electron chi connectivity index (χ0n) is 21.5. The topological polar surface area (TPSA) is 90.0 Å². The Labute approximate surface area is 219 Å². The quantitative estimate of drug-likeness (QED) is 0.421. The van der Waals surface area contributed by atoms with Gasteiger partial charge >= 0.3 is 0 Å². The molecule has 1 N–H and O–H groups in total. The van der Waals surface area contributed by atoms with E-state index in [1.165, 1.54) is 32.6 Å². The van der Waals surface area contributed by atoms with E-state index < -0.39 is 10.0 Å². The van der Waals surface area contributed by atoms with E-state index in [9.17, 15) is 18.0 Å². The normalized spacial score (nSPS) is 13.6. The summed E-state index contributed by atoms with van der Waals surface area (Å²) in [7, 11) is -3.68. The number of carbonyl (C=O) groups excluding carboxylic acids is 2. The zero-order chi connectivity index (χ0) is 26.3. The number of carbonyl (C=O) groups is 2. The third-order valence-corrected chi connectivity index (χ3v) is 9.29. The molecule has 0 atom stereocenters. The van der Waals surface area contributed by atoms with E-state index >= 15 is 0 Å². The van der Waals surface area contributed by atoms with Crippen LogP contribution in [0.4, 0.5) is 11.4 Å². The van der Waals surface area contributed by atoms with Gasteiger partial charge in [-0.3, -0.25) is 9.59 Å². The summed E-state index contributed by atoms with van der Waals surface area (Å²) in [4.78, 5) is 30.0. The molecule has 0 aromatic heterocycles. The molecule has 0 fully saturated rings. The van der Waals surface area contributed by atoms with Crippen LogP contribution >= 0.6 is 11.8 Å². The van der Waals surface area contributed by atoms with E-state index in [0.717, 1.165) is 30.1 Å². The summed E-state index contributed by atoms with van der Waals surface area (Å²) in [5.74, 6) is -0.266. The average molecular weight is 533 g/mol. The van der Waals surface area contributed by atoms with Gasteiger partial charge in [-0.25, -0.2) is 8.42 Å². The molecule has 0 saturated carbocycles. The Hall–Kier alpha value is -2.56. The minimum Gasteiger partial charge on any atom is -0.372 e. The van der Waals surface area contributed by atoms with Gasteiger partial charge in [0.05, 0.1) is 16.3 Å². The van der Waals surface area contributed by atoms with Crippen molar-refractivity contribution in [2.75, 3.05) is 54.8 Å². The molecule has 1 aliphatic heterocycles. The van der Waals surface area contributed by atoms with E-state index in [-0.39, 0.29) is 29.0 Å². The van der Waals surface area contributed by atoms with Crippen molar-refractivity contribution in [3.05, 3.63) is 48.0 Å². The SMILES string of the molecule is CCN(CCCNC(=O)CN1C(=O)CSc2ccc(S(=O)(=O)N(CC)CC)cc21)c1cccc(C)c1. The predicted molar refractivity (Wildman–Crippen MR) is 146 cm³/mol. The molecule has 0 unspecified atom stereocenters. The Morgan fingerprint density at radius 3 is 2.50 bits per heavy atom. The third-order valence-electron chi connectivity index (χ3n) is 6.19. The Kier molecular flexibility index (Phi) is 9.81. The van der Waals surface area contributed by atoms with Crippen LogP contribution in [0, 0.1) is 6.92 Å². The highest BCUT2D eigenvalue weighted by Crippen LogP contribution is 2.37. The fraction of sp³-hybridized carbons (Fsp3) is 0.462. The molecule has 8 nitrogen and oxygen atoms in total. The fourth-order valence-corrected chi connectivity index (χ4v) is 6.61. The largest absolute Gasteiger partial charge is 0.372 e. The predicted octanol–water partition coefficient (Wildman–Crippen LogP) is 3.50. The van der Waals surface area contributed by atoms with Crippen molar-refractivity contribution in [1.29, 1.82) is 0 Å². The van der Waals surface area contributed by atoms with Gasteiger partial charge in [-0.1, -0.05) is 26.0 Å². The van der Waals surface area contributed by atoms with E-state index in [4.69, 9.17) is 0 Å². The van der Waals surface area contributed by atoms with Crippen LogP contribution in [-0.4, -0.2) is 69.6 Å². The number of sulfonamides is 1. The number of hydrogen-bond acceptors (Lipinski definition) is 6. The molecular formula is C26H36N4O4S2. The number of hydrogen-bond donors (Lipinski definition) is 1. The Balaban J connectivity index is 1.64. The van der Waals surface area contributed by atoms with Crippen LogP contribution in [0.3, 0.4) is 0 Å². The van der Waals surface area contributed by atoms with Crippen LogP contribution in [0.5, 0.6) is 0 Å². The molecule has 0 saturated heterocycles. The molecule has 2 amide bonds. The number of benzene rings is 2. The summed E-state index contributed by atoms with van der Waals surface area (Å²) in [6, 6.07) is 13.1. The van der Waals surface area contributed by atoms with Crippen molar-refractivity contribution in [1.82, 2.24) is 9.62 Å². The Morgan fingerprint density at radius 1 is 1.08 bits per heavy atom. The average Bonchev–Trinajstić information content (AvgIpc) is 2.86. The molecule has 196 valence electrons. The molecule has 1 aliphatic rings. The maximum Gasteiger partial charge on any atom is 0.243 e. The maximum absolute atomic E-state index is 13.0. The molecule has 3 rings (SSSR count). The van der Waals surface area contributed by atoms with E-state index in [0.29, 0.717) is 25.3 Å². The van der Waals surface area contributed by atoms with Crippen LogP contribution in [0.25, 0.3) is 0 Å². The fourth-order valence-electron chi connectivity index (χ4n) is 4.22. The lowest BCUT2D eigenvalue weighted by molar-refractivity contribution is -0.122. The first-order valence-electron chi connectivity index (χ1n) is 12.4. The molecule has 2 aromatic rings. The molecule has 1 heterocycles. The third kappa shape index (κ3) is 6.60. The molecule has 0 aliphatic carbocycles. The first-order valence-corrected chi connectivity index (χ1v) is 14.8. The molecule has 10 heteroatoms.